The maximum Gasteiger partial charge on any atom is 0.335 e. The molecular weight excluding hydrogens is 282 g/mol. The highest BCUT2D eigenvalue weighted by atomic mass is 32.2. The number of benzene rings is 1. The highest BCUT2D eigenvalue weighted by molar-refractivity contribution is 7.89. The van der Waals surface area contributed by atoms with Gasteiger partial charge in [0.1, 0.15) is 4.90 Å². The van der Waals surface area contributed by atoms with Crippen LogP contribution in [0.1, 0.15) is 10.4 Å². The Kier molecular flexibility index (Phi) is 3.98. The van der Waals surface area contributed by atoms with E-state index in [1.807, 2.05) is 11.9 Å². The van der Waals surface area contributed by atoms with E-state index in [4.69, 9.17) is 10.2 Å². The second-order valence-corrected chi connectivity index (χ2v) is 6.35. The molecule has 1 aliphatic rings. The average Bonchev–Trinajstić information content (AvgIpc) is 2.38. The zero-order chi connectivity index (χ0) is 14.9. The van der Waals surface area contributed by atoms with Crippen molar-refractivity contribution in [3.8, 4) is 0 Å². The van der Waals surface area contributed by atoms with Gasteiger partial charge in [-0.3, -0.25) is 0 Å². The third-order valence-electron chi connectivity index (χ3n) is 3.36. The molecule has 0 atom stereocenters. The van der Waals surface area contributed by atoms with E-state index in [0.717, 1.165) is 19.2 Å². The summed E-state index contributed by atoms with van der Waals surface area (Å²) in [5.74, 6) is -1.18. The van der Waals surface area contributed by atoms with Crippen LogP contribution >= 0.6 is 0 Å². The van der Waals surface area contributed by atoms with Crippen molar-refractivity contribution in [2.75, 3.05) is 38.1 Å². The van der Waals surface area contributed by atoms with Crippen LogP contribution in [0.2, 0.25) is 0 Å². The Morgan fingerprint density at radius 1 is 1.25 bits per heavy atom. The number of anilines is 1. The van der Waals surface area contributed by atoms with Gasteiger partial charge >= 0.3 is 5.97 Å². The Balaban J connectivity index is 2.45. The summed E-state index contributed by atoms with van der Waals surface area (Å²) < 4.78 is 23.4. The minimum atomic E-state index is -3.97. The Morgan fingerprint density at radius 3 is 2.35 bits per heavy atom. The number of sulfonamides is 1. The molecule has 0 aromatic heterocycles. The van der Waals surface area contributed by atoms with Crippen LogP contribution < -0.4 is 10.0 Å². The quantitative estimate of drug-likeness (QED) is 0.800. The number of hydrogen-bond acceptors (Lipinski definition) is 5. The smallest absolute Gasteiger partial charge is 0.335 e. The first-order valence-electron chi connectivity index (χ1n) is 6.12. The number of primary sulfonamides is 1. The van der Waals surface area contributed by atoms with Crippen molar-refractivity contribution in [2.45, 2.75) is 4.90 Å². The molecule has 110 valence electrons. The maximum absolute atomic E-state index is 11.7. The molecule has 7 nitrogen and oxygen atoms in total. The lowest BCUT2D eigenvalue weighted by Crippen LogP contribution is -2.45. The van der Waals surface area contributed by atoms with E-state index in [0.29, 0.717) is 18.8 Å². The summed E-state index contributed by atoms with van der Waals surface area (Å²) >= 11 is 0. The van der Waals surface area contributed by atoms with Crippen LogP contribution in [0.15, 0.2) is 23.1 Å². The summed E-state index contributed by atoms with van der Waals surface area (Å²) in [5, 5.41) is 14.2. The van der Waals surface area contributed by atoms with Crippen LogP contribution in [0, 0.1) is 0 Å². The van der Waals surface area contributed by atoms with E-state index < -0.39 is 16.0 Å². The predicted octanol–water partition coefficient (Wildman–Crippen LogP) is -0.216. The van der Waals surface area contributed by atoms with Gasteiger partial charge < -0.3 is 14.9 Å². The Bertz CT molecular complexity index is 622. The second-order valence-electron chi connectivity index (χ2n) is 4.82. The normalized spacial score (nSPS) is 17.2. The minimum absolute atomic E-state index is 0.0908. The lowest BCUT2D eigenvalue weighted by atomic mass is 10.2. The maximum atomic E-state index is 11.7. The predicted molar refractivity (Wildman–Crippen MR) is 74.5 cm³/mol. The molecule has 1 aliphatic heterocycles. The van der Waals surface area contributed by atoms with Gasteiger partial charge in [0.2, 0.25) is 10.0 Å². The van der Waals surface area contributed by atoms with E-state index in [9.17, 15) is 13.2 Å². The molecule has 0 bridgehead atoms. The molecular formula is C12H17N3O4S. The molecule has 1 heterocycles. The molecule has 0 radical (unpaired) electrons. The molecule has 0 amide bonds. The number of nitrogens with zero attached hydrogens (tertiary/aromatic N) is 2. The van der Waals surface area contributed by atoms with E-state index >= 15 is 0 Å². The molecule has 0 spiro atoms. The highest BCUT2D eigenvalue weighted by Gasteiger charge is 2.23. The van der Waals surface area contributed by atoms with Gasteiger partial charge in [-0.25, -0.2) is 18.4 Å². The van der Waals surface area contributed by atoms with Crippen LogP contribution in [-0.2, 0) is 10.0 Å². The number of carbonyl (C=O) groups is 1. The summed E-state index contributed by atoms with van der Waals surface area (Å²) in [7, 11) is -1.98. The largest absolute Gasteiger partial charge is 0.478 e. The van der Waals surface area contributed by atoms with Crippen molar-refractivity contribution in [3.05, 3.63) is 23.8 Å². The SMILES string of the molecule is CN1CCN(c2ccc(C(=O)O)cc2S(N)(=O)=O)CC1. The van der Waals surface area contributed by atoms with Crippen LogP contribution in [0.4, 0.5) is 5.69 Å². The number of hydrogen-bond donors (Lipinski definition) is 2. The van der Waals surface area contributed by atoms with E-state index in [2.05, 4.69) is 4.90 Å². The van der Waals surface area contributed by atoms with E-state index in [-0.39, 0.29) is 10.5 Å². The monoisotopic (exact) mass is 299 g/mol. The van der Waals surface area contributed by atoms with Crippen molar-refractivity contribution < 1.29 is 18.3 Å². The molecule has 2 rings (SSSR count). The lowest BCUT2D eigenvalue weighted by Gasteiger charge is -2.34. The van der Waals surface area contributed by atoms with Crippen molar-refractivity contribution in [1.82, 2.24) is 4.90 Å². The number of aromatic carboxylic acids is 1. The molecule has 1 fully saturated rings. The van der Waals surface area contributed by atoms with Gasteiger partial charge in [0.15, 0.2) is 0 Å². The first-order valence-corrected chi connectivity index (χ1v) is 7.67. The summed E-state index contributed by atoms with van der Waals surface area (Å²) in [6, 6.07) is 4.02. The fourth-order valence-corrected chi connectivity index (χ4v) is 2.96. The first kappa shape index (κ1) is 14.8. The molecule has 1 aromatic carbocycles. The Hall–Kier alpha value is -1.64. The fourth-order valence-electron chi connectivity index (χ4n) is 2.18. The third kappa shape index (κ3) is 3.09. The zero-order valence-electron chi connectivity index (χ0n) is 11.1. The molecule has 1 aromatic rings. The number of rotatable bonds is 3. The van der Waals surface area contributed by atoms with Gasteiger partial charge in [-0.15, -0.1) is 0 Å². The number of piperazine rings is 1. The molecule has 0 aliphatic carbocycles. The molecule has 8 heteroatoms. The number of carboxylic acid groups (broad SMARTS) is 1. The Labute approximate surface area is 117 Å². The van der Waals surface area contributed by atoms with Gasteiger partial charge in [-0.1, -0.05) is 0 Å². The average molecular weight is 299 g/mol. The molecule has 3 N–H and O–H groups in total. The standard InChI is InChI=1S/C12H17N3O4S/c1-14-4-6-15(7-5-14)10-3-2-9(12(16)17)8-11(10)20(13,18)19/h2-3,8H,4-7H2,1H3,(H,16,17)(H2,13,18,19). The van der Waals surface area contributed by atoms with Crippen molar-refractivity contribution in [1.29, 1.82) is 0 Å². The third-order valence-corrected chi connectivity index (χ3v) is 4.30. The number of carboxylic acids is 1. The van der Waals surface area contributed by atoms with E-state index in [1.165, 1.54) is 12.1 Å². The topological polar surface area (TPSA) is 104 Å². The second kappa shape index (κ2) is 5.39. The summed E-state index contributed by atoms with van der Waals surface area (Å²) in [6.07, 6.45) is 0. The van der Waals surface area contributed by atoms with Gasteiger partial charge in [0.05, 0.1) is 11.3 Å². The van der Waals surface area contributed by atoms with Crippen molar-refractivity contribution >= 4 is 21.7 Å². The van der Waals surface area contributed by atoms with Crippen LogP contribution in [-0.4, -0.2) is 57.6 Å². The molecule has 0 saturated carbocycles. The zero-order valence-corrected chi connectivity index (χ0v) is 11.9. The van der Waals surface area contributed by atoms with E-state index in [1.54, 1.807) is 0 Å². The van der Waals surface area contributed by atoms with Crippen LogP contribution in [0.3, 0.4) is 0 Å². The Morgan fingerprint density at radius 2 is 1.85 bits per heavy atom. The van der Waals surface area contributed by atoms with Crippen LogP contribution in [0.25, 0.3) is 0 Å². The highest BCUT2D eigenvalue weighted by Crippen LogP contribution is 2.26. The number of nitrogens with two attached hydrogens (primary N) is 1. The van der Waals surface area contributed by atoms with Gasteiger partial charge in [0.25, 0.3) is 0 Å². The molecule has 1 saturated heterocycles. The summed E-state index contributed by atoms with van der Waals surface area (Å²) in [6.45, 7) is 2.96. The number of likely N-dealkylation sites (N-methyl/N-ethyl adjacent to an activating group) is 1. The van der Waals surface area contributed by atoms with Crippen molar-refractivity contribution in [3.63, 3.8) is 0 Å². The summed E-state index contributed by atoms with van der Waals surface area (Å²) in [5.41, 5.74) is 0.373. The fraction of sp³-hybridized carbons (Fsp3) is 0.417. The minimum Gasteiger partial charge on any atom is -0.478 e. The molecule has 0 unspecified atom stereocenters. The van der Waals surface area contributed by atoms with Gasteiger partial charge in [0, 0.05) is 26.2 Å². The first-order chi connectivity index (χ1) is 9.29. The molecule has 20 heavy (non-hydrogen) atoms. The van der Waals surface area contributed by atoms with Gasteiger partial charge in [-0.2, -0.15) is 0 Å². The lowest BCUT2D eigenvalue weighted by molar-refractivity contribution is 0.0696. The van der Waals surface area contributed by atoms with Crippen LogP contribution in [0.5, 0.6) is 0 Å². The van der Waals surface area contributed by atoms with Gasteiger partial charge in [-0.05, 0) is 25.2 Å². The van der Waals surface area contributed by atoms with Crippen molar-refractivity contribution in [2.24, 2.45) is 5.14 Å². The summed E-state index contributed by atoms with van der Waals surface area (Å²) in [4.78, 5) is 14.9.